The number of Topliss-reactive ketones (excluding diaryl/α,β-unsaturated/α-hetero) is 1. The second kappa shape index (κ2) is 9.33. The number of fused-ring (bicyclic) bond motifs is 5. The van der Waals surface area contributed by atoms with Crippen molar-refractivity contribution in [3.63, 3.8) is 0 Å². The van der Waals surface area contributed by atoms with Gasteiger partial charge in [0.05, 0.1) is 42.7 Å². The van der Waals surface area contributed by atoms with Gasteiger partial charge in [-0.3, -0.25) is 24.5 Å². The number of carbonyl (C=O) groups is 3. The molecule has 4 atom stereocenters. The normalized spacial score (nSPS) is 22.6. The number of methoxy groups -OCH3 is 2. The minimum atomic E-state index is -1.01. The minimum Gasteiger partial charge on any atom is -0.493 e. The number of rotatable bonds is 6. The molecule has 3 aliphatic rings. The Morgan fingerprint density at radius 3 is 2.35 bits per heavy atom. The van der Waals surface area contributed by atoms with Crippen LogP contribution in [0.4, 0.5) is 17.1 Å². The molecule has 0 radical (unpaired) electrons. The van der Waals surface area contributed by atoms with Crippen molar-refractivity contribution in [1.29, 1.82) is 0 Å². The number of nitro groups is 1. The van der Waals surface area contributed by atoms with Crippen LogP contribution in [0.25, 0.3) is 6.08 Å². The average Bonchev–Trinajstić information content (AvgIpc) is 3.44. The number of ether oxygens (including phenoxy) is 2. The number of nitrogens with zero attached hydrogens (tertiary/aromatic N) is 3. The van der Waals surface area contributed by atoms with Gasteiger partial charge in [0.25, 0.3) is 5.69 Å². The number of hydrogen-bond acceptors (Lipinski definition) is 8. The molecule has 2 saturated heterocycles. The van der Waals surface area contributed by atoms with E-state index in [1.807, 2.05) is 41.3 Å². The number of aryl methyl sites for hydroxylation is 1. The molecule has 2 amide bonds. The SMILES string of the molecule is COc1ccc(C(=O)[C@@H]2[C@@H]3C(=O)N(c4cc([N+](=O)[O-])ccc4C)C(=O)[C@@H]3[C@@H]3C=Cc4ccccc4N23)cc1OC. The van der Waals surface area contributed by atoms with E-state index in [2.05, 4.69) is 0 Å². The summed E-state index contributed by atoms with van der Waals surface area (Å²) in [6.07, 6.45) is 3.76. The molecule has 10 nitrogen and oxygen atoms in total. The van der Waals surface area contributed by atoms with Crippen molar-refractivity contribution in [3.8, 4) is 11.5 Å². The first-order valence-electron chi connectivity index (χ1n) is 12.7. The van der Waals surface area contributed by atoms with Gasteiger partial charge in [0, 0.05) is 23.4 Å². The maximum atomic E-state index is 14.3. The van der Waals surface area contributed by atoms with Gasteiger partial charge in [0.1, 0.15) is 6.04 Å². The van der Waals surface area contributed by atoms with Crippen molar-refractivity contribution in [2.45, 2.75) is 19.0 Å². The van der Waals surface area contributed by atoms with E-state index in [0.717, 1.165) is 16.2 Å². The Bertz CT molecular complexity index is 1630. The average molecular weight is 540 g/mol. The molecule has 6 rings (SSSR count). The predicted octanol–water partition coefficient (Wildman–Crippen LogP) is 4.19. The van der Waals surface area contributed by atoms with Crippen molar-refractivity contribution < 1.29 is 28.8 Å². The number of anilines is 2. The van der Waals surface area contributed by atoms with Crippen LogP contribution in [0.15, 0.2) is 66.7 Å². The maximum Gasteiger partial charge on any atom is 0.271 e. The Kier molecular flexibility index (Phi) is 5.90. The molecule has 2 fully saturated rings. The van der Waals surface area contributed by atoms with Crippen LogP contribution in [0.5, 0.6) is 11.5 Å². The second-order valence-corrected chi connectivity index (χ2v) is 9.99. The van der Waals surface area contributed by atoms with Gasteiger partial charge in [-0.15, -0.1) is 0 Å². The Labute approximate surface area is 229 Å². The highest BCUT2D eigenvalue weighted by Gasteiger charge is 2.64. The number of benzene rings is 3. The van der Waals surface area contributed by atoms with Gasteiger partial charge in [-0.05, 0) is 42.3 Å². The third-order valence-electron chi connectivity index (χ3n) is 8.00. The van der Waals surface area contributed by atoms with Crippen molar-refractivity contribution in [2.75, 3.05) is 24.0 Å². The lowest BCUT2D eigenvalue weighted by Gasteiger charge is -2.36. The Morgan fingerprint density at radius 2 is 1.62 bits per heavy atom. The molecule has 0 unspecified atom stereocenters. The molecule has 3 aliphatic heterocycles. The van der Waals surface area contributed by atoms with E-state index >= 15 is 0 Å². The fraction of sp³-hybridized carbons (Fsp3) is 0.233. The summed E-state index contributed by atoms with van der Waals surface area (Å²) in [7, 11) is 2.97. The number of para-hydroxylation sites is 1. The number of amides is 2. The molecule has 3 aromatic rings. The lowest BCUT2D eigenvalue weighted by molar-refractivity contribution is -0.384. The van der Waals surface area contributed by atoms with Gasteiger partial charge in [0.15, 0.2) is 17.3 Å². The van der Waals surface area contributed by atoms with Gasteiger partial charge in [0.2, 0.25) is 11.8 Å². The van der Waals surface area contributed by atoms with E-state index in [0.29, 0.717) is 22.6 Å². The highest BCUT2D eigenvalue weighted by Crippen LogP contribution is 2.50. The summed E-state index contributed by atoms with van der Waals surface area (Å²) >= 11 is 0. The molecular weight excluding hydrogens is 514 g/mol. The van der Waals surface area contributed by atoms with Crippen molar-refractivity contribution in [1.82, 2.24) is 0 Å². The van der Waals surface area contributed by atoms with Crippen LogP contribution in [0.3, 0.4) is 0 Å². The summed E-state index contributed by atoms with van der Waals surface area (Å²) < 4.78 is 10.7. The highest BCUT2D eigenvalue weighted by atomic mass is 16.6. The van der Waals surface area contributed by atoms with Crippen LogP contribution < -0.4 is 19.3 Å². The summed E-state index contributed by atoms with van der Waals surface area (Å²) in [4.78, 5) is 56.3. The van der Waals surface area contributed by atoms with Crippen LogP contribution in [-0.4, -0.2) is 48.8 Å². The molecule has 40 heavy (non-hydrogen) atoms. The minimum absolute atomic E-state index is 0.155. The molecule has 0 aliphatic carbocycles. The first-order chi connectivity index (χ1) is 19.3. The van der Waals surface area contributed by atoms with E-state index in [-0.39, 0.29) is 17.2 Å². The van der Waals surface area contributed by atoms with Gasteiger partial charge < -0.3 is 14.4 Å². The van der Waals surface area contributed by atoms with Crippen molar-refractivity contribution >= 4 is 40.7 Å². The van der Waals surface area contributed by atoms with Crippen LogP contribution in [0.2, 0.25) is 0 Å². The quantitative estimate of drug-likeness (QED) is 0.198. The van der Waals surface area contributed by atoms with Crippen LogP contribution in [-0.2, 0) is 9.59 Å². The lowest BCUT2D eigenvalue weighted by Crippen LogP contribution is -2.49. The summed E-state index contributed by atoms with van der Waals surface area (Å²) in [5, 5.41) is 11.5. The number of hydrogen-bond donors (Lipinski definition) is 0. The molecule has 10 heteroatoms. The smallest absolute Gasteiger partial charge is 0.271 e. The highest BCUT2D eigenvalue weighted by molar-refractivity contribution is 6.26. The Morgan fingerprint density at radius 1 is 0.900 bits per heavy atom. The molecule has 0 spiro atoms. The Balaban J connectivity index is 1.50. The number of imide groups is 1. The predicted molar refractivity (Wildman–Crippen MR) is 147 cm³/mol. The van der Waals surface area contributed by atoms with Gasteiger partial charge in [-0.1, -0.05) is 36.4 Å². The largest absolute Gasteiger partial charge is 0.493 e. The molecule has 0 aromatic heterocycles. The summed E-state index contributed by atoms with van der Waals surface area (Å²) in [5.41, 5.74) is 2.39. The zero-order valence-electron chi connectivity index (χ0n) is 21.9. The number of carbonyl (C=O) groups excluding carboxylic acids is 3. The summed E-state index contributed by atoms with van der Waals surface area (Å²) in [6, 6.07) is 14.8. The van der Waals surface area contributed by atoms with E-state index < -0.39 is 40.7 Å². The zero-order valence-corrected chi connectivity index (χ0v) is 21.9. The number of nitro benzene ring substituents is 1. The van der Waals surface area contributed by atoms with Crippen LogP contribution >= 0.6 is 0 Å². The molecule has 3 aromatic carbocycles. The van der Waals surface area contributed by atoms with Crippen molar-refractivity contribution in [2.24, 2.45) is 11.8 Å². The zero-order chi connectivity index (χ0) is 28.3. The first-order valence-corrected chi connectivity index (χ1v) is 12.7. The fourth-order valence-electron chi connectivity index (χ4n) is 6.16. The monoisotopic (exact) mass is 539 g/mol. The van der Waals surface area contributed by atoms with Crippen LogP contribution in [0.1, 0.15) is 21.5 Å². The van der Waals surface area contributed by atoms with Gasteiger partial charge >= 0.3 is 0 Å². The van der Waals surface area contributed by atoms with E-state index in [4.69, 9.17) is 9.47 Å². The van der Waals surface area contributed by atoms with E-state index in [1.54, 1.807) is 25.1 Å². The second-order valence-electron chi connectivity index (χ2n) is 9.99. The molecule has 0 N–H and O–H groups in total. The maximum absolute atomic E-state index is 14.3. The fourth-order valence-corrected chi connectivity index (χ4v) is 6.16. The molecule has 0 bridgehead atoms. The molecular formula is C30H25N3O7. The third-order valence-corrected chi connectivity index (χ3v) is 8.00. The molecule has 3 heterocycles. The topological polar surface area (TPSA) is 119 Å². The van der Waals surface area contributed by atoms with E-state index in [9.17, 15) is 24.5 Å². The molecule has 0 saturated carbocycles. The number of ketones is 1. The number of non-ortho nitro benzene ring substituents is 1. The Hall–Kier alpha value is -4.99. The summed E-state index contributed by atoms with van der Waals surface area (Å²) in [5.74, 6) is -2.44. The van der Waals surface area contributed by atoms with Gasteiger partial charge in [-0.2, -0.15) is 0 Å². The third kappa shape index (κ3) is 3.59. The first kappa shape index (κ1) is 25.3. The summed E-state index contributed by atoms with van der Waals surface area (Å²) in [6.45, 7) is 1.68. The molecule has 202 valence electrons. The van der Waals surface area contributed by atoms with Gasteiger partial charge in [-0.25, -0.2) is 4.90 Å². The lowest BCUT2D eigenvalue weighted by atomic mass is 9.86. The standard InChI is InChI=1S/C30H25N3O7/c1-16-8-11-19(33(37)38)15-22(16)32-29(35)25-21-12-9-17-6-4-5-7-20(17)31(21)27(26(25)30(32)36)28(34)18-10-13-23(39-2)24(14-18)40-3/h4-15,21,25-27H,1-3H3/t21-,25+,26+,27-/m0/s1. The van der Waals surface area contributed by atoms with Crippen molar-refractivity contribution in [3.05, 3.63) is 93.5 Å². The van der Waals surface area contributed by atoms with Crippen LogP contribution in [0, 0.1) is 28.9 Å². The van der Waals surface area contributed by atoms with E-state index in [1.165, 1.54) is 32.4 Å².